The van der Waals surface area contributed by atoms with E-state index in [9.17, 15) is 4.79 Å². The van der Waals surface area contributed by atoms with Gasteiger partial charge in [0.1, 0.15) is 0 Å². The average molecular weight is 316 g/mol. The number of hydrogen-bond donors (Lipinski definition) is 2. The fourth-order valence-corrected chi connectivity index (χ4v) is 1.64. The van der Waals surface area contributed by atoms with Gasteiger partial charge in [-0.15, -0.1) is 0 Å². The number of nitrogens with zero attached hydrogens (tertiary/aromatic N) is 4. The maximum Gasteiger partial charge on any atom is 0.355 e. The van der Waals surface area contributed by atoms with Crippen molar-refractivity contribution in [3.8, 4) is 12.1 Å². The Labute approximate surface area is 138 Å². The van der Waals surface area contributed by atoms with Crippen LogP contribution in [0.4, 0.5) is 4.79 Å². The fourth-order valence-electron chi connectivity index (χ4n) is 1.64. The van der Waals surface area contributed by atoms with Crippen molar-refractivity contribution in [1.29, 1.82) is 10.5 Å². The van der Waals surface area contributed by atoms with Crippen LogP contribution in [0.15, 0.2) is 58.7 Å². The van der Waals surface area contributed by atoms with Gasteiger partial charge >= 0.3 is 6.03 Å². The molecule has 24 heavy (non-hydrogen) atoms. The van der Waals surface area contributed by atoms with Gasteiger partial charge in [0.15, 0.2) is 0 Å². The van der Waals surface area contributed by atoms with Crippen molar-refractivity contribution in [3.63, 3.8) is 0 Å². The third kappa shape index (κ3) is 5.10. The summed E-state index contributed by atoms with van der Waals surface area (Å²) < 4.78 is 0. The van der Waals surface area contributed by atoms with Crippen LogP contribution in [0.2, 0.25) is 0 Å². The topological polar surface area (TPSA) is 113 Å². The molecule has 2 rings (SSSR count). The maximum absolute atomic E-state index is 11.5. The van der Waals surface area contributed by atoms with Crippen LogP contribution in [-0.2, 0) is 0 Å². The molecule has 2 aromatic carbocycles. The monoisotopic (exact) mass is 316 g/mol. The molecule has 0 aliphatic rings. The minimum atomic E-state index is -0.593. The summed E-state index contributed by atoms with van der Waals surface area (Å²) in [4.78, 5) is 11.5. The zero-order valence-electron chi connectivity index (χ0n) is 12.5. The molecule has 0 aliphatic carbocycles. The van der Waals surface area contributed by atoms with Crippen LogP contribution in [0.5, 0.6) is 0 Å². The molecule has 116 valence electrons. The molecule has 7 nitrogen and oxygen atoms in total. The second-order valence-corrected chi connectivity index (χ2v) is 4.54. The molecule has 2 aromatic rings. The van der Waals surface area contributed by atoms with E-state index < -0.39 is 6.03 Å². The highest BCUT2D eigenvalue weighted by molar-refractivity contribution is 5.83. The first-order valence-electron chi connectivity index (χ1n) is 6.84. The normalized spacial score (nSPS) is 10.2. The number of carbonyl (C=O) groups excluding carboxylic acids is 1. The van der Waals surface area contributed by atoms with E-state index >= 15 is 0 Å². The predicted octanol–water partition coefficient (Wildman–Crippen LogP) is 2.10. The number of amides is 2. The van der Waals surface area contributed by atoms with E-state index in [0.29, 0.717) is 11.1 Å². The lowest BCUT2D eigenvalue weighted by atomic mass is 10.2. The highest BCUT2D eigenvalue weighted by atomic mass is 16.2. The van der Waals surface area contributed by atoms with Crippen molar-refractivity contribution < 1.29 is 4.79 Å². The number of rotatable bonds is 4. The SMILES string of the molecule is N#Cc1ccc(/C=N/NC(=O)N/N=C/c2ccc(C#N)cc2)cc1. The van der Waals surface area contributed by atoms with Crippen molar-refractivity contribution in [2.45, 2.75) is 0 Å². The van der Waals surface area contributed by atoms with Crippen molar-refractivity contribution in [2.24, 2.45) is 10.2 Å². The number of nitrogens with one attached hydrogen (secondary N) is 2. The Hall–Kier alpha value is -3.97. The van der Waals surface area contributed by atoms with Gasteiger partial charge in [0.2, 0.25) is 0 Å². The summed E-state index contributed by atoms with van der Waals surface area (Å²) in [6.45, 7) is 0. The Morgan fingerprint density at radius 3 is 1.50 bits per heavy atom. The van der Waals surface area contributed by atoms with Crippen molar-refractivity contribution in [2.75, 3.05) is 0 Å². The van der Waals surface area contributed by atoms with Crippen LogP contribution in [0.3, 0.4) is 0 Å². The molecule has 2 amide bonds. The van der Waals surface area contributed by atoms with E-state index in [4.69, 9.17) is 10.5 Å². The second kappa shape index (κ2) is 8.47. The highest BCUT2D eigenvalue weighted by Crippen LogP contribution is 2.01. The van der Waals surface area contributed by atoms with E-state index in [1.54, 1.807) is 48.5 Å². The molecule has 0 aromatic heterocycles. The van der Waals surface area contributed by atoms with Crippen LogP contribution in [0.25, 0.3) is 0 Å². The summed E-state index contributed by atoms with van der Waals surface area (Å²) in [6.07, 6.45) is 2.90. The van der Waals surface area contributed by atoms with E-state index in [1.807, 2.05) is 12.1 Å². The van der Waals surface area contributed by atoms with E-state index in [2.05, 4.69) is 21.1 Å². The first kappa shape index (κ1) is 16.4. The number of nitriles is 2. The number of urea groups is 1. The van der Waals surface area contributed by atoms with Gasteiger partial charge < -0.3 is 0 Å². The van der Waals surface area contributed by atoms with E-state index in [0.717, 1.165) is 11.1 Å². The van der Waals surface area contributed by atoms with Gasteiger partial charge in [-0.05, 0) is 35.4 Å². The lowest BCUT2D eigenvalue weighted by Crippen LogP contribution is -2.28. The number of carbonyl (C=O) groups is 1. The molecule has 0 atom stereocenters. The molecule has 0 spiro atoms. The standard InChI is InChI=1S/C17H12N6O/c18-9-13-1-5-15(6-2-13)11-20-22-17(24)23-21-12-16-7-3-14(10-19)4-8-16/h1-8,11-12H,(H2,22,23,24)/b20-11+,21-12+. The maximum atomic E-state index is 11.5. The van der Waals surface area contributed by atoms with Crippen molar-refractivity contribution in [3.05, 3.63) is 70.8 Å². The molecular formula is C17H12N6O. The molecule has 0 unspecified atom stereocenters. The van der Waals surface area contributed by atoms with Gasteiger partial charge in [-0.2, -0.15) is 20.7 Å². The van der Waals surface area contributed by atoms with Crippen LogP contribution >= 0.6 is 0 Å². The Morgan fingerprint density at radius 2 is 1.17 bits per heavy atom. The van der Waals surface area contributed by atoms with E-state index in [1.165, 1.54) is 12.4 Å². The van der Waals surface area contributed by atoms with Gasteiger partial charge in [0.05, 0.1) is 35.7 Å². The molecular weight excluding hydrogens is 304 g/mol. The number of hydrogen-bond acceptors (Lipinski definition) is 5. The highest BCUT2D eigenvalue weighted by Gasteiger charge is 1.95. The van der Waals surface area contributed by atoms with Gasteiger partial charge in [-0.3, -0.25) is 0 Å². The Kier molecular flexibility index (Phi) is 5.79. The minimum Gasteiger partial charge on any atom is -0.245 e. The minimum absolute atomic E-state index is 0.551. The largest absolute Gasteiger partial charge is 0.355 e. The van der Waals surface area contributed by atoms with Gasteiger partial charge in [0.25, 0.3) is 0 Å². The Bertz CT molecular complexity index is 767. The third-order valence-corrected chi connectivity index (χ3v) is 2.84. The average Bonchev–Trinajstić information content (AvgIpc) is 2.63. The van der Waals surface area contributed by atoms with Gasteiger partial charge in [-0.25, -0.2) is 15.6 Å². The predicted molar refractivity (Wildman–Crippen MR) is 89.2 cm³/mol. The summed E-state index contributed by atoms with van der Waals surface area (Å²) in [7, 11) is 0. The molecule has 7 heteroatoms. The summed E-state index contributed by atoms with van der Waals surface area (Å²) in [5, 5.41) is 24.9. The first-order chi connectivity index (χ1) is 11.7. The Morgan fingerprint density at radius 1 is 0.792 bits per heavy atom. The molecule has 0 radical (unpaired) electrons. The Balaban J connectivity index is 1.80. The molecule has 0 saturated heterocycles. The third-order valence-electron chi connectivity index (χ3n) is 2.84. The summed E-state index contributed by atoms with van der Waals surface area (Å²) >= 11 is 0. The molecule has 0 bridgehead atoms. The second-order valence-electron chi connectivity index (χ2n) is 4.54. The molecule has 0 saturated carbocycles. The van der Waals surface area contributed by atoms with Crippen LogP contribution in [0, 0.1) is 22.7 Å². The zero-order chi connectivity index (χ0) is 17.2. The molecule has 0 fully saturated rings. The van der Waals surface area contributed by atoms with Crippen LogP contribution in [0.1, 0.15) is 22.3 Å². The number of benzene rings is 2. The van der Waals surface area contributed by atoms with E-state index in [-0.39, 0.29) is 0 Å². The summed E-state index contributed by atoms with van der Waals surface area (Å²) in [5.74, 6) is 0. The number of hydrazone groups is 2. The van der Waals surface area contributed by atoms with Crippen molar-refractivity contribution in [1.82, 2.24) is 10.9 Å². The summed E-state index contributed by atoms with van der Waals surface area (Å²) in [5.41, 5.74) is 7.12. The lowest BCUT2D eigenvalue weighted by molar-refractivity contribution is 0.242. The zero-order valence-corrected chi connectivity index (χ0v) is 12.5. The lowest BCUT2D eigenvalue weighted by Gasteiger charge is -1.98. The van der Waals surface area contributed by atoms with Crippen molar-refractivity contribution >= 4 is 18.5 Å². The fraction of sp³-hybridized carbons (Fsp3) is 0. The van der Waals surface area contributed by atoms with Crippen LogP contribution in [-0.4, -0.2) is 18.5 Å². The molecule has 2 N–H and O–H groups in total. The van der Waals surface area contributed by atoms with Gasteiger partial charge in [-0.1, -0.05) is 24.3 Å². The first-order valence-corrected chi connectivity index (χ1v) is 6.84. The van der Waals surface area contributed by atoms with Gasteiger partial charge in [0, 0.05) is 0 Å². The molecule has 0 aliphatic heterocycles. The molecule has 0 heterocycles. The summed E-state index contributed by atoms with van der Waals surface area (Å²) in [6, 6.07) is 16.9. The van der Waals surface area contributed by atoms with Crippen LogP contribution < -0.4 is 10.9 Å². The smallest absolute Gasteiger partial charge is 0.245 e. The quantitative estimate of drug-likeness (QED) is 0.665.